The maximum atomic E-state index is 11.8. The van der Waals surface area contributed by atoms with Gasteiger partial charge in [-0.25, -0.2) is 0 Å². The summed E-state index contributed by atoms with van der Waals surface area (Å²) in [5.41, 5.74) is 1.89. The smallest absolute Gasteiger partial charge is 0.223 e. The summed E-state index contributed by atoms with van der Waals surface area (Å²) >= 11 is 0. The molecule has 0 unspecified atom stereocenters. The van der Waals surface area contributed by atoms with Gasteiger partial charge in [0.25, 0.3) is 0 Å². The number of amides is 1. The van der Waals surface area contributed by atoms with Gasteiger partial charge >= 0.3 is 0 Å². The van der Waals surface area contributed by atoms with E-state index in [4.69, 9.17) is 0 Å². The molecule has 2 N–H and O–H groups in total. The van der Waals surface area contributed by atoms with Crippen LogP contribution in [0.5, 0.6) is 0 Å². The van der Waals surface area contributed by atoms with E-state index >= 15 is 0 Å². The number of nitrogens with one attached hydrogen (secondary N) is 1. The van der Waals surface area contributed by atoms with Gasteiger partial charge in [-0.3, -0.25) is 4.79 Å². The first-order valence-electron chi connectivity index (χ1n) is 6.26. The molecule has 1 fully saturated rings. The number of aliphatic hydroxyl groups excluding tert-OH is 1. The van der Waals surface area contributed by atoms with Crippen LogP contribution in [-0.2, 0) is 17.9 Å². The Morgan fingerprint density at radius 1 is 1.24 bits per heavy atom. The zero-order chi connectivity index (χ0) is 12.1. The molecule has 2 rings (SSSR count). The van der Waals surface area contributed by atoms with Crippen molar-refractivity contribution in [2.45, 2.75) is 38.8 Å². The van der Waals surface area contributed by atoms with Crippen molar-refractivity contribution in [3.8, 4) is 0 Å². The van der Waals surface area contributed by atoms with Crippen LogP contribution in [0.15, 0.2) is 24.3 Å². The number of hydrogen-bond donors (Lipinski definition) is 2. The Morgan fingerprint density at radius 2 is 1.88 bits per heavy atom. The van der Waals surface area contributed by atoms with Crippen molar-refractivity contribution in [3.63, 3.8) is 0 Å². The average molecular weight is 233 g/mol. The van der Waals surface area contributed by atoms with Crippen molar-refractivity contribution in [1.29, 1.82) is 0 Å². The molecule has 92 valence electrons. The molecule has 0 aromatic heterocycles. The number of carbonyl (C=O) groups is 1. The van der Waals surface area contributed by atoms with Crippen molar-refractivity contribution in [3.05, 3.63) is 35.4 Å². The topological polar surface area (TPSA) is 49.3 Å². The predicted octanol–water partition coefficient (Wildman–Crippen LogP) is 1.99. The molecule has 1 aliphatic rings. The zero-order valence-corrected chi connectivity index (χ0v) is 9.98. The van der Waals surface area contributed by atoms with E-state index in [2.05, 4.69) is 5.32 Å². The van der Waals surface area contributed by atoms with Gasteiger partial charge < -0.3 is 10.4 Å². The van der Waals surface area contributed by atoms with Crippen molar-refractivity contribution < 1.29 is 9.90 Å². The number of benzene rings is 1. The van der Waals surface area contributed by atoms with E-state index in [0.29, 0.717) is 6.54 Å². The normalized spacial score (nSPS) is 16.1. The Kier molecular flexibility index (Phi) is 4.15. The van der Waals surface area contributed by atoms with Crippen LogP contribution in [-0.4, -0.2) is 11.0 Å². The minimum atomic E-state index is 0.0233. The molecule has 3 heteroatoms. The molecule has 1 aliphatic carbocycles. The van der Waals surface area contributed by atoms with Crippen molar-refractivity contribution in [2.75, 3.05) is 0 Å². The summed E-state index contributed by atoms with van der Waals surface area (Å²) in [6, 6.07) is 7.65. The van der Waals surface area contributed by atoms with Gasteiger partial charge in [-0.05, 0) is 24.0 Å². The summed E-state index contributed by atoms with van der Waals surface area (Å²) in [6.45, 7) is 0.543. The third-order valence-corrected chi connectivity index (χ3v) is 3.47. The third-order valence-electron chi connectivity index (χ3n) is 3.47. The Labute approximate surface area is 102 Å². The van der Waals surface area contributed by atoms with Crippen LogP contribution < -0.4 is 5.32 Å². The van der Waals surface area contributed by atoms with Crippen LogP contribution in [0.1, 0.15) is 36.8 Å². The Balaban J connectivity index is 1.90. The van der Waals surface area contributed by atoms with E-state index in [1.54, 1.807) is 0 Å². The van der Waals surface area contributed by atoms with Gasteiger partial charge in [-0.1, -0.05) is 37.1 Å². The van der Waals surface area contributed by atoms with Gasteiger partial charge in [0, 0.05) is 12.5 Å². The van der Waals surface area contributed by atoms with Crippen LogP contribution in [0.3, 0.4) is 0 Å². The van der Waals surface area contributed by atoms with Crippen LogP contribution in [0.2, 0.25) is 0 Å². The first-order chi connectivity index (χ1) is 8.31. The number of aliphatic hydroxyl groups is 1. The molecule has 0 heterocycles. The van der Waals surface area contributed by atoms with E-state index < -0.39 is 0 Å². The maximum Gasteiger partial charge on any atom is 0.223 e. The third kappa shape index (κ3) is 3.07. The summed E-state index contributed by atoms with van der Waals surface area (Å²) in [5, 5.41) is 12.1. The summed E-state index contributed by atoms with van der Waals surface area (Å²) in [5.74, 6) is 0.367. The highest BCUT2D eigenvalue weighted by atomic mass is 16.3. The summed E-state index contributed by atoms with van der Waals surface area (Å²) in [4.78, 5) is 11.8. The Hall–Kier alpha value is -1.35. The molecule has 1 amide bonds. The van der Waals surface area contributed by atoms with Gasteiger partial charge in [0.1, 0.15) is 0 Å². The number of hydrogen-bond acceptors (Lipinski definition) is 2. The quantitative estimate of drug-likeness (QED) is 0.835. The lowest BCUT2D eigenvalue weighted by Crippen LogP contribution is -2.29. The van der Waals surface area contributed by atoms with Gasteiger partial charge in [0.05, 0.1) is 6.61 Å². The highest BCUT2D eigenvalue weighted by Gasteiger charge is 2.22. The Bertz CT molecular complexity index is 384. The van der Waals surface area contributed by atoms with Crippen molar-refractivity contribution in [1.82, 2.24) is 5.32 Å². The second-order valence-electron chi connectivity index (χ2n) is 4.63. The largest absolute Gasteiger partial charge is 0.392 e. The molecular formula is C14H19NO2. The average Bonchev–Trinajstić information content (AvgIpc) is 2.90. The standard InChI is InChI=1S/C14H19NO2/c16-10-13-8-4-3-7-12(13)9-15-14(17)11-5-1-2-6-11/h3-4,7-8,11,16H,1-2,5-6,9-10H2,(H,15,17). The van der Waals surface area contributed by atoms with Crippen molar-refractivity contribution >= 4 is 5.91 Å². The molecule has 17 heavy (non-hydrogen) atoms. The molecular weight excluding hydrogens is 214 g/mol. The van der Waals surface area contributed by atoms with Gasteiger partial charge in [-0.2, -0.15) is 0 Å². The summed E-state index contributed by atoms with van der Waals surface area (Å²) in [7, 11) is 0. The van der Waals surface area contributed by atoms with Gasteiger partial charge in [-0.15, -0.1) is 0 Å². The van der Waals surface area contributed by atoms with Crippen LogP contribution in [0, 0.1) is 5.92 Å². The zero-order valence-electron chi connectivity index (χ0n) is 9.98. The maximum absolute atomic E-state index is 11.8. The fourth-order valence-corrected chi connectivity index (χ4v) is 2.40. The lowest BCUT2D eigenvalue weighted by atomic mass is 10.1. The lowest BCUT2D eigenvalue weighted by Gasteiger charge is -2.12. The molecule has 3 nitrogen and oxygen atoms in total. The monoisotopic (exact) mass is 233 g/mol. The van der Waals surface area contributed by atoms with Crippen molar-refractivity contribution in [2.24, 2.45) is 5.92 Å². The molecule has 1 aromatic rings. The fraction of sp³-hybridized carbons (Fsp3) is 0.500. The Morgan fingerprint density at radius 3 is 2.53 bits per heavy atom. The van der Waals surface area contributed by atoms with E-state index in [0.717, 1.165) is 24.0 Å². The molecule has 0 bridgehead atoms. The van der Waals surface area contributed by atoms with Gasteiger partial charge in [0.2, 0.25) is 5.91 Å². The minimum absolute atomic E-state index is 0.0233. The molecule has 0 radical (unpaired) electrons. The van der Waals surface area contributed by atoms with E-state index in [-0.39, 0.29) is 18.4 Å². The van der Waals surface area contributed by atoms with Crippen LogP contribution in [0.4, 0.5) is 0 Å². The second-order valence-corrected chi connectivity index (χ2v) is 4.63. The minimum Gasteiger partial charge on any atom is -0.392 e. The highest BCUT2D eigenvalue weighted by molar-refractivity contribution is 5.78. The first-order valence-corrected chi connectivity index (χ1v) is 6.26. The van der Waals surface area contributed by atoms with E-state index in [1.807, 2.05) is 24.3 Å². The SMILES string of the molecule is O=C(NCc1ccccc1CO)C1CCCC1. The summed E-state index contributed by atoms with van der Waals surface area (Å²) < 4.78 is 0. The highest BCUT2D eigenvalue weighted by Crippen LogP contribution is 2.24. The fourth-order valence-electron chi connectivity index (χ4n) is 2.40. The molecule has 0 atom stereocenters. The lowest BCUT2D eigenvalue weighted by molar-refractivity contribution is -0.124. The van der Waals surface area contributed by atoms with Crippen LogP contribution in [0.25, 0.3) is 0 Å². The molecule has 0 saturated heterocycles. The molecule has 0 spiro atoms. The van der Waals surface area contributed by atoms with E-state index in [1.165, 1.54) is 12.8 Å². The predicted molar refractivity (Wildman–Crippen MR) is 66.2 cm³/mol. The van der Waals surface area contributed by atoms with E-state index in [9.17, 15) is 9.90 Å². The second kappa shape index (κ2) is 5.82. The number of carbonyl (C=O) groups excluding carboxylic acids is 1. The molecule has 1 saturated carbocycles. The molecule has 0 aliphatic heterocycles. The molecule has 1 aromatic carbocycles. The summed E-state index contributed by atoms with van der Waals surface area (Å²) in [6.07, 6.45) is 4.39. The van der Waals surface area contributed by atoms with Crippen LogP contribution >= 0.6 is 0 Å². The first kappa shape index (κ1) is 12.1. The van der Waals surface area contributed by atoms with Gasteiger partial charge in [0.15, 0.2) is 0 Å². The number of rotatable bonds is 4.